The number of nitrogens with zero attached hydrogens (tertiary/aromatic N) is 3. The third kappa shape index (κ3) is 2.86. The van der Waals surface area contributed by atoms with Crippen molar-refractivity contribution in [1.29, 1.82) is 5.26 Å². The first-order valence-corrected chi connectivity index (χ1v) is 6.92. The molecule has 1 aliphatic rings. The molecular weight excluding hydrogens is 250 g/mol. The van der Waals surface area contributed by atoms with Crippen molar-refractivity contribution in [3.63, 3.8) is 0 Å². The Kier molecular flexibility index (Phi) is 4.28. The fraction of sp³-hybridized carbons (Fsp3) is 0.583. The topological polar surface area (TPSA) is 70.2 Å². The molecule has 0 saturated carbocycles. The summed E-state index contributed by atoms with van der Waals surface area (Å²) in [6, 6.07) is 5.15. The lowest BCUT2D eigenvalue weighted by atomic mass is 10.2. The molecule has 6 heteroatoms. The minimum Gasteiger partial charge on any atom is -0.284 e. The summed E-state index contributed by atoms with van der Waals surface area (Å²) in [6.07, 6.45) is 4.62. The summed E-state index contributed by atoms with van der Waals surface area (Å²) in [6.45, 7) is 1.81. The average molecular weight is 265 g/mol. The van der Waals surface area contributed by atoms with Crippen molar-refractivity contribution in [2.45, 2.75) is 31.7 Å². The van der Waals surface area contributed by atoms with E-state index in [4.69, 9.17) is 0 Å². The highest BCUT2D eigenvalue weighted by molar-refractivity contribution is 7.15. The lowest BCUT2D eigenvalue weighted by Gasteiger charge is -2.24. The highest BCUT2D eigenvalue weighted by atomic mass is 32.1. The molecule has 1 unspecified atom stereocenters. The summed E-state index contributed by atoms with van der Waals surface area (Å²) in [5.74, 6) is 0. The second kappa shape index (κ2) is 5.94. The van der Waals surface area contributed by atoms with Crippen LogP contribution in [0.25, 0.3) is 0 Å². The van der Waals surface area contributed by atoms with Gasteiger partial charge in [-0.2, -0.15) is 5.26 Å². The molecule has 0 bridgehead atoms. The van der Waals surface area contributed by atoms with Gasteiger partial charge in [0.15, 0.2) is 0 Å². The SMILES string of the molecule is N#CC(c1ccc([N+](=O)[O-])s1)N1CCCCCC1. The Bertz CT molecular complexity index is 458. The first-order chi connectivity index (χ1) is 8.72. The number of rotatable bonds is 3. The van der Waals surface area contributed by atoms with Crippen molar-refractivity contribution in [2.24, 2.45) is 0 Å². The molecule has 0 aromatic carbocycles. The third-order valence-electron chi connectivity index (χ3n) is 3.19. The molecule has 1 saturated heterocycles. The highest BCUT2D eigenvalue weighted by Crippen LogP contribution is 2.32. The molecule has 1 aliphatic heterocycles. The first-order valence-electron chi connectivity index (χ1n) is 6.10. The largest absolute Gasteiger partial charge is 0.324 e. The van der Waals surface area contributed by atoms with Gasteiger partial charge in [-0.25, -0.2) is 0 Å². The Morgan fingerprint density at radius 2 is 2.00 bits per heavy atom. The molecule has 96 valence electrons. The normalized spacial score (nSPS) is 18.8. The summed E-state index contributed by atoms with van der Waals surface area (Å²) in [4.78, 5) is 13.2. The predicted molar refractivity (Wildman–Crippen MR) is 69.4 cm³/mol. The van der Waals surface area contributed by atoms with Crippen LogP contribution in [0.5, 0.6) is 0 Å². The maximum Gasteiger partial charge on any atom is 0.324 e. The molecular formula is C12H15N3O2S. The zero-order chi connectivity index (χ0) is 13.0. The molecule has 0 radical (unpaired) electrons. The summed E-state index contributed by atoms with van der Waals surface area (Å²) in [7, 11) is 0. The lowest BCUT2D eigenvalue weighted by Crippen LogP contribution is -2.28. The van der Waals surface area contributed by atoms with E-state index in [1.165, 1.54) is 18.9 Å². The van der Waals surface area contributed by atoms with Gasteiger partial charge >= 0.3 is 5.00 Å². The Balaban J connectivity index is 2.16. The van der Waals surface area contributed by atoms with Crippen LogP contribution in [0.3, 0.4) is 0 Å². The maximum absolute atomic E-state index is 10.7. The fourth-order valence-electron chi connectivity index (χ4n) is 2.27. The van der Waals surface area contributed by atoms with Gasteiger partial charge in [-0.05, 0) is 32.0 Å². The van der Waals surface area contributed by atoms with E-state index in [1.54, 1.807) is 6.07 Å². The fourth-order valence-corrected chi connectivity index (χ4v) is 3.17. The molecule has 2 rings (SSSR count). The van der Waals surface area contributed by atoms with Gasteiger partial charge in [-0.3, -0.25) is 15.0 Å². The number of hydrogen-bond acceptors (Lipinski definition) is 5. The maximum atomic E-state index is 10.7. The summed E-state index contributed by atoms with van der Waals surface area (Å²) in [5.41, 5.74) is 0. The van der Waals surface area contributed by atoms with Crippen LogP contribution >= 0.6 is 11.3 Å². The van der Waals surface area contributed by atoms with Gasteiger partial charge in [0.2, 0.25) is 0 Å². The number of thiophene rings is 1. The number of nitriles is 1. The average Bonchev–Trinajstić information content (AvgIpc) is 2.68. The molecule has 1 aromatic rings. The summed E-state index contributed by atoms with van der Waals surface area (Å²) >= 11 is 1.11. The number of likely N-dealkylation sites (tertiary alicyclic amines) is 1. The van der Waals surface area contributed by atoms with Gasteiger partial charge in [-0.15, -0.1) is 0 Å². The molecule has 2 heterocycles. The minimum absolute atomic E-state index is 0.111. The lowest BCUT2D eigenvalue weighted by molar-refractivity contribution is -0.380. The summed E-state index contributed by atoms with van der Waals surface area (Å²) in [5, 5.41) is 20.1. The Morgan fingerprint density at radius 3 is 2.50 bits per heavy atom. The van der Waals surface area contributed by atoms with Crippen molar-refractivity contribution >= 4 is 16.3 Å². The zero-order valence-corrected chi connectivity index (χ0v) is 10.9. The quantitative estimate of drug-likeness (QED) is 0.622. The molecule has 0 spiro atoms. The predicted octanol–water partition coefficient (Wildman–Crippen LogP) is 3.10. The van der Waals surface area contributed by atoms with Crippen LogP contribution < -0.4 is 0 Å². The van der Waals surface area contributed by atoms with Crippen molar-refractivity contribution in [3.05, 3.63) is 27.1 Å². The second-order valence-electron chi connectivity index (χ2n) is 4.41. The van der Waals surface area contributed by atoms with Gasteiger partial charge in [0.1, 0.15) is 6.04 Å². The van der Waals surface area contributed by atoms with E-state index in [9.17, 15) is 15.4 Å². The third-order valence-corrected chi connectivity index (χ3v) is 4.28. The zero-order valence-electron chi connectivity index (χ0n) is 10.0. The van der Waals surface area contributed by atoms with E-state index >= 15 is 0 Å². The molecule has 5 nitrogen and oxygen atoms in total. The second-order valence-corrected chi connectivity index (χ2v) is 5.51. The van der Waals surface area contributed by atoms with Crippen molar-refractivity contribution in [1.82, 2.24) is 4.90 Å². The van der Waals surface area contributed by atoms with E-state index in [1.807, 2.05) is 0 Å². The van der Waals surface area contributed by atoms with Gasteiger partial charge in [-0.1, -0.05) is 24.2 Å². The van der Waals surface area contributed by atoms with Gasteiger partial charge in [0.25, 0.3) is 0 Å². The highest BCUT2D eigenvalue weighted by Gasteiger charge is 2.24. The molecule has 0 amide bonds. The number of hydrogen-bond donors (Lipinski definition) is 0. The van der Waals surface area contributed by atoms with E-state index in [-0.39, 0.29) is 11.0 Å². The van der Waals surface area contributed by atoms with Crippen LogP contribution in [-0.4, -0.2) is 22.9 Å². The molecule has 18 heavy (non-hydrogen) atoms. The Hall–Kier alpha value is -1.45. The molecule has 0 aliphatic carbocycles. The van der Waals surface area contributed by atoms with E-state index in [2.05, 4.69) is 11.0 Å². The standard InChI is InChI=1S/C12H15N3O2S/c13-9-10(14-7-3-1-2-4-8-14)11-5-6-12(18-11)15(16)17/h5-6,10H,1-4,7-8H2. The molecule has 0 N–H and O–H groups in total. The van der Waals surface area contributed by atoms with Crippen LogP contribution in [0, 0.1) is 21.4 Å². The van der Waals surface area contributed by atoms with Crippen LogP contribution in [-0.2, 0) is 0 Å². The smallest absolute Gasteiger partial charge is 0.284 e. The van der Waals surface area contributed by atoms with Crippen LogP contribution in [0.1, 0.15) is 36.6 Å². The Morgan fingerprint density at radius 1 is 1.33 bits per heavy atom. The van der Waals surface area contributed by atoms with E-state index in [0.717, 1.165) is 42.1 Å². The monoisotopic (exact) mass is 265 g/mol. The molecule has 1 fully saturated rings. The molecule has 1 atom stereocenters. The first kappa shape index (κ1) is 13.0. The minimum atomic E-state index is -0.398. The van der Waals surface area contributed by atoms with Gasteiger partial charge in [0, 0.05) is 10.9 Å². The van der Waals surface area contributed by atoms with Crippen molar-refractivity contribution in [3.8, 4) is 6.07 Å². The van der Waals surface area contributed by atoms with Crippen LogP contribution in [0.4, 0.5) is 5.00 Å². The van der Waals surface area contributed by atoms with Crippen LogP contribution in [0.15, 0.2) is 12.1 Å². The van der Waals surface area contributed by atoms with Gasteiger partial charge < -0.3 is 0 Å². The van der Waals surface area contributed by atoms with Crippen LogP contribution in [0.2, 0.25) is 0 Å². The number of nitro groups is 1. The van der Waals surface area contributed by atoms with Crippen molar-refractivity contribution < 1.29 is 4.92 Å². The Labute approximate surface area is 110 Å². The van der Waals surface area contributed by atoms with Crippen molar-refractivity contribution in [2.75, 3.05) is 13.1 Å². The van der Waals surface area contributed by atoms with Gasteiger partial charge in [0.05, 0.1) is 11.0 Å². The van der Waals surface area contributed by atoms with E-state index < -0.39 is 4.92 Å². The summed E-state index contributed by atoms with van der Waals surface area (Å²) < 4.78 is 0. The van der Waals surface area contributed by atoms with E-state index in [0.29, 0.717) is 0 Å². The molecule has 1 aromatic heterocycles.